The molecule has 1 N–H and O–H groups in total. The number of hydrogen-bond acceptors (Lipinski definition) is 3. The van der Waals surface area contributed by atoms with E-state index in [2.05, 4.69) is 4.90 Å². The van der Waals surface area contributed by atoms with Crippen LogP contribution in [0.5, 0.6) is 0 Å². The molecular formula is C23H36N3O3S+. The van der Waals surface area contributed by atoms with Crippen molar-refractivity contribution in [3.8, 4) is 0 Å². The Hall–Kier alpha value is -1.44. The third kappa shape index (κ3) is 4.58. The van der Waals surface area contributed by atoms with Crippen LogP contribution in [0.2, 0.25) is 0 Å². The van der Waals surface area contributed by atoms with E-state index in [4.69, 9.17) is 0 Å². The lowest BCUT2D eigenvalue weighted by Gasteiger charge is -2.41. The van der Waals surface area contributed by atoms with Crippen molar-refractivity contribution in [1.29, 1.82) is 0 Å². The molecule has 1 aromatic rings. The summed E-state index contributed by atoms with van der Waals surface area (Å²) in [4.78, 5) is 16.6. The van der Waals surface area contributed by atoms with Gasteiger partial charge < -0.3 is 9.80 Å². The minimum Gasteiger partial charge on any atom is -0.338 e. The van der Waals surface area contributed by atoms with Crippen LogP contribution in [0.3, 0.4) is 0 Å². The van der Waals surface area contributed by atoms with Gasteiger partial charge >= 0.3 is 0 Å². The first kappa shape index (κ1) is 21.8. The van der Waals surface area contributed by atoms with Gasteiger partial charge in [-0.1, -0.05) is 37.0 Å². The molecule has 4 rings (SSSR count). The van der Waals surface area contributed by atoms with E-state index < -0.39 is 10.0 Å². The first-order valence-electron chi connectivity index (χ1n) is 11.5. The summed E-state index contributed by atoms with van der Waals surface area (Å²) < 4.78 is 27.7. The van der Waals surface area contributed by atoms with Crippen LogP contribution in [-0.2, 0) is 14.8 Å². The van der Waals surface area contributed by atoms with Crippen LogP contribution in [0.15, 0.2) is 23.1 Å². The number of hydrogen-bond donors (Lipinski definition) is 1. The maximum Gasteiger partial charge on any atom is 0.277 e. The average molecular weight is 435 g/mol. The second-order valence-corrected chi connectivity index (χ2v) is 11.4. The Morgan fingerprint density at radius 2 is 1.73 bits per heavy atom. The molecule has 166 valence electrons. The molecule has 3 fully saturated rings. The molecular weight excluding hydrogens is 398 g/mol. The number of piperidine rings is 1. The van der Waals surface area contributed by atoms with Crippen molar-refractivity contribution < 1.29 is 18.1 Å². The van der Waals surface area contributed by atoms with Crippen molar-refractivity contribution in [2.75, 3.05) is 45.8 Å². The molecule has 30 heavy (non-hydrogen) atoms. The van der Waals surface area contributed by atoms with Crippen LogP contribution >= 0.6 is 0 Å². The average Bonchev–Trinajstić information content (AvgIpc) is 2.73. The van der Waals surface area contributed by atoms with Crippen LogP contribution in [0.4, 0.5) is 0 Å². The van der Waals surface area contributed by atoms with Gasteiger partial charge in [-0.05, 0) is 50.2 Å². The summed E-state index contributed by atoms with van der Waals surface area (Å²) in [5.74, 6) is 1.78. The molecule has 0 bridgehead atoms. The lowest BCUT2D eigenvalue weighted by Crippen LogP contribution is -3.15. The molecule has 2 heterocycles. The number of rotatable bonds is 4. The molecule has 7 heteroatoms. The van der Waals surface area contributed by atoms with Crippen molar-refractivity contribution in [3.05, 3.63) is 29.3 Å². The lowest BCUT2D eigenvalue weighted by molar-refractivity contribution is -0.896. The highest BCUT2D eigenvalue weighted by atomic mass is 32.2. The number of nitrogens with zero attached hydrogens (tertiary/aromatic N) is 2. The molecule has 2 atom stereocenters. The molecule has 1 aliphatic carbocycles. The second kappa shape index (κ2) is 8.97. The number of carbonyl (C=O) groups excluding carboxylic acids is 1. The Morgan fingerprint density at radius 1 is 1.03 bits per heavy atom. The Kier molecular flexibility index (Phi) is 6.51. The van der Waals surface area contributed by atoms with E-state index in [0.29, 0.717) is 43.5 Å². The SMILES string of the molecule is Cc1ccc(S(=O)(=O)N2CC[NH+](CC(=O)N3CC[C@@H]4CCCC[C@@H]4C3)CC2)c(C)c1. The number of likely N-dealkylation sites (tertiary alicyclic amines) is 1. The Morgan fingerprint density at radius 3 is 2.43 bits per heavy atom. The van der Waals surface area contributed by atoms with Crippen LogP contribution in [0, 0.1) is 25.7 Å². The number of nitrogens with one attached hydrogen (secondary N) is 1. The van der Waals surface area contributed by atoms with Crippen LogP contribution < -0.4 is 4.90 Å². The summed E-state index contributed by atoms with van der Waals surface area (Å²) in [6.45, 7) is 8.49. The Bertz CT molecular complexity index is 878. The molecule has 6 nitrogen and oxygen atoms in total. The van der Waals surface area contributed by atoms with E-state index in [1.807, 2.05) is 26.0 Å². The van der Waals surface area contributed by atoms with Crippen molar-refractivity contribution in [2.45, 2.75) is 50.8 Å². The standard InChI is InChI=1S/C23H35N3O3S/c1-18-7-8-22(19(2)15-18)30(28,29)26-13-11-24(12-14-26)17-23(27)25-10-9-20-5-3-4-6-21(20)16-25/h7-8,15,20-21H,3-6,9-14,16-17H2,1-2H3/p+1/t20-,21+/m0/s1. The zero-order chi connectivity index (χ0) is 21.3. The van der Waals surface area contributed by atoms with Gasteiger partial charge in [-0.3, -0.25) is 4.79 Å². The van der Waals surface area contributed by atoms with E-state index in [0.717, 1.165) is 36.6 Å². The molecule has 0 aromatic heterocycles. The fraction of sp³-hybridized carbons (Fsp3) is 0.696. The lowest BCUT2D eigenvalue weighted by atomic mass is 9.75. The van der Waals surface area contributed by atoms with Gasteiger partial charge in [0.15, 0.2) is 6.54 Å². The quantitative estimate of drug-likeness (QED) is 0.775. The molecule has 2 saturated heterocycles. The largest absolute Gasteiger partial charge is 0.338 e. The minimum atomic E-state index is -3.47. The zero-order valence-corrected chi connectivity index (χ0v) is 19.2. The molecule has 1 amide bonds. The minimum absolute atomic E-state index is 0.250. The summed E-state index contributed by atoms with van der Waals surface area (Å²) >= 11 is 0. The second-order valence-electron chi connectivity index (χ2n) is 9.53. The summed E-state index contributed by atoms with van der Waals surface area (Å²) in [6.07, 6.45) is 6.44. The van der Waals surface area contributed by atoms with Crippen molar-refractivity contribution >= 4 is 15.9 Å². The molecule has 2 aliphatic heterocycles. The van der Waals surface area contributed by atoms with Gasteiger partial charge in [0.25, 0.3) is 5.91 Å². The van der Waals surface area contributed by atoms with Gasteiger partial charge in [0, 0.05) is 13.1 Å². The highest BCUT2D eigenvalue weighted by molar-refractivity contribution is 7.89. The summed E-state index contributed by atoms with van der Waals surface area (Å²) in [6, 6.07) is 5.50. The number of aryl methyl sites for hydroxylation is 2. The molecule has 0 spiro atoms. The number of carbonyl (C=O) groups is 1. The van der Waals surface area contributed by atoms with Gasteiger partial charge in [-0.2, -0.15) is 4.31 Å². The van der Waals surface area contributed by atoms with Gasteiger partial charge in [-0.15, -0.1) is 0 Å². The van der Waals surface area contributed by atoms with E-state index in [9.17, 15) is 13.2 Å². The first-order chi connectivity index (χ1) is 14.3. The molecule has 3 aliphatic rings. The van der Waals surface area contributed by atoms with Gasteiger partial charge in [-0.25, -0.2) is 8.42 Å². The molecule has 0 radical (unpaired) electrons. The van der Waals surface area contributed by atoms with Gasteiger partial charge in [0.05, 0.1) is 31.1 Å². The highest BCUT2D eigenvalue weighted by Crippen LogP contribution is 2.35. The number of quaternary nitrogens is 1. The fourth-order valence-corrected chi connectivity index (χ4v) is 7.25. The Balaban J connectivity index is 1.30. The number of benzene rings is 1. The van der Waals surface area contributed by atoms with Crippen LogP contribution in [-0.4, -0.2) is 69.3 Å². The molecule has 1 aromatic carbocycles. The van der Waals surface area contributed by atoms with E-state index in [-0.39, 0.29) is 5.91 Å². The van der Waals surface area contributed by atoms with E-state index in [1.165, 1.54) is 30.6 Å². The van der Waals surface area contributed by atoms with Crippen LogP contribution in [0.1, 0.15) is 43.2 Å². The third-order valence-electron chi connectivity index (χ3n) is 7.42. The van der Waals surface area contributed by atoms with Gasteiger partial charge in [0.2, 0.25) is 10.0 Å². The van der Waals surface area contributed by atoms with Gasteiger partial charge in [0.1, 0.15) is 0 Å². The Labute approximate surface area is 181 Å². The van der Waals surface area contributed by atoms with E-state index >= 15 is 0 Å². The molecule has 0 unspecified atom stereocenters. The van der Waals surface area contributed by atoms with Crippen molar-refractivity contribution in [2.24, 2.45) is 11.8 Å². The topological polar surface area (TPSA) is 62.1 Å². The predicted octanol–water partition coefficient (Wildman–Crippen LogP) is 1.23. The fourth-order valence-electron chi connectivity index (χ4n) is 5.60. The maximum absolute atomic E-state index is 13.1. The summed E-state index contributed by atoms with van der Waals surface area (Å²) in [5, 5.41) is 0. The third-order valence-corrected chi connectivity index (χ3v) is 9.48. The number of fused-ring (bicyclic) bond motifs is 1. The number of piperazine rings is 1. The predicted molar refractivity (Wildman–Crippen MR) is 117 cm³/mol. The van der Waals surface area contributed by atoms with Crippen molar-refractivity contribution in [3.63, 3.8) is 0 Å². The highest BCUT2D eigenvalue weighted by Gasteiger charge is 2.36. The number of sulfonamides is 1. The van der Waals surface area contributed by atoms with Crippen LogP contribution in [0.25, 0.3) is 0 Å². The summed E-state index contributed by atoms with van der Waals surface area (Å²) in [7, 11) is -3.47. The zero-order valence-electron chi connectivity index (χ0n) is 18.4. The van der Waals surface area contributed by atoms with E-state index in [1.54, 1.807) is 10.4 Å². The number of amides is 1. The normalized spacial score (nSPS) is 26.4. The maximum atomic E-state index is 13.1. The smallest absolute Gasteiger partial charge is 0.277 e. The summed E-state index contributed by atoms with van der Waals surface area (Å²) in [5.41, 5.74) is 1.86. The van der Waals surface area contributed by atoms with Crippen molar-refractivity contribution in [1.82, 2.24) is 9.21 Å². The monoisotopic (exact) mass is 434 g/mol. The first-order valence-corrected chi connectivity index (χ1v) is 13.0. The molecule has 1 saturated carbocycles.